The first-order valence-corrected chi connectivity index (χ1v) is 6.22. The number of aromatic nitrogens is 1. The lowest BCUT2D eigenvalue weighted by molar-refractivity contribution is 0.627. The summed E-state index contributed by atoms with van der Waals surface area (Å²) in [6.07, 6.45) is 3.56. The molecule has 1 unspecified atom stereocenters. The quantitative estimate of drug-likeness (QED) is 0.865. The van der Waals surface area contributed by atoms with Crippen LogP contribution in [0, 0.1) is 6.92 Å². The fourth-order valence-corrected chi connectivity index (χ4v) is 2.16. The largest absolute Gasteiger partial charge is 0.398 e. The zero-order valence-electron chi connectivity index (χ0n) is 10.9. The van der Waals surface area contributed by atoms with E-state index in [1.165, 1.54) is 11.1 Å². The van der Waals surface area contributed by atoms with Gasteiger partial charge in [-0.3, -0.25) is 4.98 Å². The summed E-state index contributed by atoms with van der Waals surface area (Å²) in [5.74, 6) is 0. The monoisotopic (exact) mass is 241 g/mol. The van der Waals surface area contributed by atoms with E-state index in [0.29, 0.717) is 0 Å². The van der Waals surface area contributed by atoms with Gasteiger partial charge in [-0.05, 0) is 30.7 Å². The molecular weight excluding hydrogens is 222 g/mol. The van der Waals surface area contributed by atoms with Crippen LogP contribution >= 0.6 is 0 Å². The molecule has 2 aromatic rings. The second-order valence-corrected chi connectivity index (χ2v) is 4.35. The second-order valence-electron chi connectivity index (χ2n) is 4.35. The molecule has 1 heterocycles. The van der Waals surface area contributed by atoms with Gasteiger partial charge in [-0.1, -0.05) is 31.2 Å². The molecule has 3 nitrogen and oxygen atoms in total. The number of nitrogens with zero attached hydrogens (tertiary/aromatic N) is 1. The summed E-state index contributed by atoms with van der Waals surface area (Å²) >= 11 is 0. The van der Waals surface area contributed by atoms with Crippen LogP contribution in [0.4, 0.5) is 5.69 Å². The second kappa shape index (κ2) is 5.65. The van der Waals surface area contributed by atoms with E-state index in [9.17, 15) is 0 Å². The highest BCUT2D eigenvalue weighted by Crippen LogP contribution is 2.27. The average molecular weight is 241 g/mol. The minimum absolute atomic E-state index is 0.102. The van der Waals surface area contributed by atoms with Gasteiger partial charge in [0.1, 0.15) is 0 Å². The highest BCUT2D eigenvalue weighted by atomic mass is 14.9. The number of hydrogen-bond donors (Lipinski definition) is 2. The Morgan fingerprint density at radius 1 is 1.22 bits per heavy atom. The van der Waals surface area contributed by atoms with Crippen molar-refractivity contribution in [3.63, 3.8) is 0 Å². The van der Waals surface area contributed by atoms with Crippen LogP contribution in [0.25, 0.3) is 0 Å². The third-order valence-corrected chi connectivity index (χ3v) is 3.11. The molecule has 0 amide bonds. The predicted octanol–water partition coefficient (Wildman–Crippen LogP) is 2.67. The zero-order chi connectivity index (χ0) is 13.0. The van der Waals surface area contributed by atoms with Crippen molar-refractivity contribution in [3.05, 3.63) is 59.4 Å². The summed E-state index contributed by atoms with van der Waals surface area (Å²) in [4.78, 5) is 4.18. The van der Waals surface area contributed by atoms with Gasteiger partial charge in [-0.15, -0.1) is 0 Å². The van der Waals surface area contributed by atoms with Gasteiger partial charge in [0.05, 0.1) is 6.04 Å². The van der Waals surface area contributed by atoms with E-state index in [2.05, 4.69) is 48.4 Å². The van der Waals surface area contributed by atoms with Crippen molar-refractivity contribution < 1.29 is 0 Å². The van der Waals surface area contributed by atoms with E-state index in [1.54, 1.807) is 6.20 Å². The number of hydrogen-bond acceptors (Lipinski definition) is 3. The number of pyridine rings is 1. The predicted molar refractivity (Wildman–Crippen MR) is 75.3 cm³/mol. The molecule has 94 valence electrons. The molecule has 0 fully saturated rings. The summed E-state index contributed by atoms with van der Waals surface area (Å²) in [5.41, 5.74) is 10.4. The van der Waals surface area contributed by atoms with Gasteiger partial charge >= 0.3 is 0 Å². The molecule has 1 aromatic heterocycles. The van der Waals surface area contributed by atoms with Crippen LogP contribution < -0.4 is 11.1 Å². The van der Waals surface area contributed by atoms with Crippen molar-refractivity contribution in [1.29, 1.82) is 0 Å². The number of nitrogen functional groups attached to an aromatic ring is 1. The smallest absolute Gasteiger partial charge is 0.0615 e. The Balaban J connectivity index is 2.47. The fourth-order valence-electron chi connectivity index (χ4n) is 2.16. The molecule has 0 aliphatic carbocycles. The van der Waals surface area contributed by atoms with Crippen molar-refractivity contribution in [1.82, 2.24) is 10.3 Å². The van der Waals surface area contributed by atoms with E-state index < -0.39 is 0 Å². The number of benzene rings is 1. The highest BCUT2D eigenvalue weighted by Gasteiger charge is 2.17. The Bertz CT molecular complexity index is 477. The zero-order valence-corrected chi connectivity index (χ0v) is 10.9. The molecule has 0 aliphatic rings. The first-order chi connectivity index (χ1) is 8.74. The maximum absolute atomic E-state index is 6.06. The standard InChI is InChI=1S/C15H19N3/c1-3-18-15(12-7-5-4-6-11(12)2)13-10-17-9-8-14(13)16/h4-10,15,18H,3H2,1-2H3,(H2,16,17). The third-order valence-electron chi connectivity index (χ3n) is 3.11. The lowest BCUT2D eigenvalue weighted by Gasteiger charge is -2.21. The molecule has 0 bridgehead atoms. The molecule has 1 aromatic carbocycles. The van der Waals surface area contributed by atoms with Crippen molar-refractivity contribution >= 4 is 5.69 Å². The first kappa shape index (κ1) is 12.6. The lowest BCUT2D eigenvalue weighted by atomic mass is 9.95. The normalized spacial score (nSPS) is 12.3. The van der Waals surface area contributed by atoms with E-state index >= 15 is 0 Å². The van der Waals surface area contributed by atoms with Crippen LogP contribution in [0.15, 0.2) is 42.7 Å². The average Bonchev–Trinajstić information content (AvgIpc) is 2.38. The Morgan fingerprint density at radius 2 is 2.00 bits per heavy atom. The number of aryl methyl sites for hydroxylation is 1. The van der Waals surface area contributed by atoms with Gasteiger partial charge in [0.15, 0.2) is 0 Å². The van der Waals surface area contributed by atoms with Gasteiger partial charge in [-0.25, -0.2) is 0 Å². The van der Waals surface area contributed by atoms with Gasteiger partial charge in [-0.2, -0.15) is 0 Å². The van der Waals surface area contributed by atoms with Crippen LogP contribution in [0.3, 0.4) is 0 Å². The summed E-state index contributed by atoms with van der Waals surface area (Å²) in [7, 11) is 0. The molecule has 0 saturated heterocycles. The minimum Gasteiger partial charge on any atom is -0.398 e. The molecule has 1 atom stereocenters. The van der Waals surface area contributed by atoms with Crippen LogP contribution in [0.1, 0.15) is 29.7 Å². The fraction of sp³-hybridized carbons (Fsp3) is 0.267. The van der Waals surface area contributed by atoms with Crippen LogP contribution in [0.5, 0.6) is 0 Å². The van der Waals surface area contributed by atoms with E-state index in [4.69, 9.17) is 5.73 Å². The van der Waals surface area contributed by atoms with Gasteiger partial charge < -0.3 is 11.1 Å². The van der Waals surface area contributed by atoms with Crippen molar-refractivity contribution in [3.8, 4) is 0 Å². The number of nitrogens with one attached hydrogen (secondary N) is 1. The minimum atomic E-state index is 0.102. The maximum Gasteiger partial charge on any atom is 0.0615 e. The van der Waals surface area contributed by atoms with Crippen LogP contribution in [0.2, 0.25) is 0 Å². The van der Waals surface area contributed by atoms with Crippen LogP contribution in [-0.2, 0) is 0 Å². The Hall–Kier alpha value is -1.87. The Kier molecular flexibility index (Phi) is 3.95. The van der Waals surface area contributed by atoms with Crippen LogP contribution in [-0.4, -0.2) is 11.5 Å². The van der Waals surface area contributed by atoms with Crippen molar-refractivity contribution in [2.45, 2.75) is 19.9 Å². The lowest BCUT2D eigenvalue weighted by Crippen LogP contribution is -2.23. The molecule has 3 N–H and O–H groups in total. The molecule has 0 spiro atoms. The van der Waals surface area contributed by atoms with Gasteiger partial charge in [0, 0.05) is 23.6 Å². The molecular formula is C15H19N3. The van der Waals surface area contributed by atoms with Gasteiger partial charge in [0.25, 0.3) is 0 Å². The first-order valence-electron chi connectivity index (χ1n) is 6.22. The molecule has 0 aliphatic heterocycles. The molecule has 0 radical (unpaired) electrons. The molecule has 18 heavy (non-hydrogen) atoms. The highest BCUT2D eigenvalue weighted by molar-refractivity contribution is 5.50. The SMILES string of the molecule is CCNC(c1ccccc1C)c1cnccc1N. The summed E-state index contributed by atoms with van der Waals surface area (Å²) in [6, 6.07) is 10.3. The summed E-state index contributed by atoms with van der Waals surface area (Å²) in [6.45, 7) is 5.09. The van der Waals surface area contributed by atoms with Crippen molar-refractivity contribution in [2.75, 3.05) is 12.3 Å². The Morgan fingerprint density at radius 3 is 2.67 bits per heavy atom. The maximum atomic E-state index is 6.06. The van der Waals surface area contributed by atoms with E-state index in [1.807, 2.05) is 12.3 Å². The third kappa shape index (κ3) is 2.51. The number of nitrogens with two attached hydrogens (primary N) is 1. The van der Waals surface area contributed by atoms with E-state index in [0.717, 1.165) is 17.8 Å². The number of rotatable bonds is 4. The number of anilines is 1. The molecule has 2 rings (SSSR count). The molecule has 0 saturated carbocycles. The van der Waals surface area contributed by atoms with E-state index in [-0.39, 0.29) is 6.04 Å². The van der Waals surface area contributed by atoms with Crippen molar-refractivity contribution in [2.24, 2.45) is 0 Å². The summed E-state index contributed by atoms with van der Waals surface area (Å²) < 4.78 is 0. The topological polar surface area (TPSA) is 50.9 Å². The molecule has 3 heteroatoms. The van der Waals surface area contributed by atoms with Gasteiger partial charge in [0.2, 0.25) is 0 Å². The Labute approximate surface area is 108 Å². The summed E-state index contributed by atoms with van der Waals surface area (Å²) in [5, 5.41) is 3.48.